The molecule has 0 aliphatic carbocycles. The molecule has 3 aromatic rings. The molecule has 0 spiro atoms. The molecule has 1 N–H and O–H groups in total. The normalized spacial score (nSPS) is 15.9. The molecule has 1 aliphatic rings. The minimum Gasteiger partial charge on any atom is -0.493 e. The van der Waals surface area contributed by atoms with Crippen molar-refractivity contribution in [3.05, 3.63) is 30.1 Å². The molecule has 0 amide bonds. The summed E-state index contributed by atoms with van der Waals surface area (Å²) in [7, 11) is 4.65. The largest absolute Gasteiger partial charge is 0.493 e. The summed E-state index contributed by atoms with van der Waals surface area (Å²) >= 11 is 0. The minimum absolute atomic E-state index is 0.0168. The lowest BCUT2D eigenvalue weighted by molar-refractivity contribution is -0.207. The molecule has 10 heteroatoms. The van der Waals surface area contributed by atoms with Crippen LogP contribution in [0.5, 0.6) is 17.2 Å². The SMILES string of the molecule is COc1cc(-c2cnc3[nH]cc(C(=O)C4(C)CCN(OC(=O)C(C)(C)C)CC4)c3n2)cc(OC)c1OC. The Morgan fingerprint density at radius 2 is 1.65 bits per heavy atom. The first-order chi connectivity index (χ1) is 17.5. The number of methoxy groups -OCH3 is 3. The highest BCUT2D eigenvalue weighted by molar-refractivity contribution is 6.08. The molecule has 4 rings (SSSR count). The molecule has 198 valence electrons. The summed E-state index contributed by atoms with van der Waals surface area (Å²) in [6.45, 7) is 8.36. The molecule has 37 heavy (non-hydrogen) atoms. The van der Waals surface area contributed by atoms with E-state index in [2.05, 4.69) is 9.97 Å². The van der Waals surface area contributed by atoms with E-state index in [1.807, 2.05) is 27.7 Å². The van der Waals surface area contributed by atoms with Crippen LogP contribution in [-0.4, -0.2) is 66.2 Å². The second-order valence-electron chi connectivity index (χ2n) is 10.5. The maximum Gasteiger partial charge on any atom is 0.330 e. The van der Waals surface area contributed by atoms with Crippen LogP contribution in [0.3, 0.4) is 0 Å². The zero-order valence-electron chi connectivity index (χ0n) is 22.4. The number of carbonyl (C=O) groups is 2. The van der Waals surface area contributed by atoms with Crippen LogP contribution in [0.25, 0.3) is 22.4 Å². The quantitative estimate of drug-likeness (QED) is 0.461. The Hall–Kier alpha value is -3.66. The predicted octanol–water partition coefficient (Wildman–Crippen LogP) is 4.44. The summed E-state index contributed by atoms with van der Waals surface area (Å²) in [4.78, 5) is 43.9. The molecule has 1 aromatic carbocycles. The summed E-state index contributed by atoms with van der Waals surface area (Å²) in [5.41, 5.74) is 1.58. The predicted molar refractivity (Wildman–Crippen MR) is 138 cm³/mol. The number of aromatic amines is 1. The van der Waals surface area contributed by atoms with E-state index in [1.54, 1.807) is 50.9 Å². The molecule has 1 fully saturated rings. The maximum absolute atomic E-state index is 13.7. The van der Waals surface area contributed by atoms with Gasteiger partial charge >= 0.3 is 5.97 Å². The van der Waals surface area contributed by atoms with E-state index in [0.717, 1.165) is 0 Å². The lowest BCUT2D eigenvalue weighted by Crippen LogP contribution is -2.44. The number of H-pyrrole nitrogens is 1. The number of fused-ring (bicyclic) bond motifs is 1. The summed E-state index contributed by atoms with van der Waals surface area (Å²) < 4.78 is 16.4. The van der Waals surface area contributed by atoms with Crippen LogP contribution in [0.1, 0.15) is 50.9 Å². The Kier molecular flexibility index (Phi) is 7.14. The lowest BCUT2D eigenvalue weighted by Gasteiger charge is -2.37. The fourth-order valence-corrected chi connectivity index (χ4v) is 4.31. The highest BCUT2D eigenvalue weighted by atomic mass is 16.7. The van der Waals surface area contributed by atoms with Gasteiger partial charge in [-0.15, -0.1) is 5.06 Å². The van der Waals surface area contributed by atoms with Crippen molar-refractivity contribution in [2.24, 2.45) is 10.8 Å². The molecule has 0 saturated carbocycles. The van der Waals surface area contributed by atoms with E-state index in [-0.39, 0.29) is 11.8 Å². The van der Waals surface area contributed by atoms with Gasteiger partial charge in [0.05, 0.1) is 44.2 Å². The topological polar surface area (TPSA) is 116 Å². The molecule has 10 nitrogen and oxygen atoms in total. The van der Waals surface area contributed by atoms with Crippen LogP contribution in [0.2, 0.25) is 0 Å². The average Bonchev–Trinajstić information content (AvgIpc) is 3.31. The van der Waals surface area contributed by atoms with Gasteiger partial charge in [-0.25, -0.2) is 14.8 Å². The maximum atomic E-state index is 13.7. The summed E-state index contributed by atoms with van der Waals surface area (Å²) in [5.74, 6) is 1.17. The van der Waals surface area contributed by atoms with Gasteiger partial charge in [0.1, 0.15) is 5.52 Å². The van der Waals surface area contributed by atoms with E-state index < -0.39 is 10.8 Å². The van der Waals surface area contributed by atoms with Crippen LogP contribution < -0.4 is 14.2 Å². The van der Waals surface area contributed by atoms with E-state index in [4.69, 9.17) is 24.0 Å². The first-order valence-electron chi connectivity index (χ1n) is 12.2. The monoisotopic (exact) mass is 510 g/mol. The van der Waals surface area contributed by atoms with E-state index in [9.17, 15) is 9.59 Å². The first-order valence-corrected chi connectivity index (χ1v) is 12.2. The van der Waals surface area contributed by atoms with Crippen LogP contribution in [0.4, 0.5) is 0 Å². The molecule has 3 heterocycles. The van der Waals surface area contributed by atoms with Gasteiger partial charge in [-0.05, 0) is 45.7 Å². The highest BCUT2D eigenvalue weighted by Crippen LogP contribution is 2.41. The Balaban J connectivity index is 1.61. The first kappa shape index (κ1) is 26.4. The zero-order valence-corrected chi connectivity index (χ0v) is 22.4. The Morgan fingerprint density at radius 1 is 1.03 bits per heavy atom. The van der Waals surface area contributed by atoms with Crippen LogP contribution in [-0.2, 0) is 9.63 Å². The van der Waals surface area contributed by atoms with Crippen molar-refractivity contribution < 1.29 is 28.6 Å². The van der Waals surface area contributed by atoms with Gasteiger partial charge in [-0.3, -0.25) is 4.79 Å². The summed E-state index contributed by atoms with van der Waals surface area (Å²) in [6, 6.07) is 3.59. The molecule has 2 aromatic heterocycles. The highest BCUT2D eigenvalue weighted by Gasteiger charge is 2.40. The number of piperidine rings is 1. The van der Waals surface area contributed by atoms with Crippen molar-refractivity contribution in [2.45, 2.75) is 40.5 Å². The van der Waals surface area contributed by atoms with E-state index in [1.165, 1.54) is 0 Å². The number of Topliss-reactive ketones (excluding diaryl/α,β-unsaturated/α-hetero) is 1. The van der Waals surface area contributed by atoms with Crippen molar-refractivity contribution in [3.63, 3.8) is 0 Å². The Labute approximate surface area is 216 Å². The lowest BCUT2D eigenvalue weighted by atomic mass is 9.75. The van der Waals surface area contributed by atoms with Gasteiger partial charge in [-0.1, -0.05) is 6.92 Å². The third kappa shape index (κ3) is 5.11. The number of hydroxylamine groups is 2. The minimum atomic E-state index is -0.621. The number of hydrogen-bond donors (Lipinski definition) is 1. The molecular formula is C27H34N4O6. The van der Waals surface area contributed by atoms with Crippen molar-refractivity contribution in [1.29, 1.82) is 0 Å². The van der Waals surface area contributed by atoms with Crippen LogP contribution >= 0.6 is 0 Å². The second-order valence-corrected chi connectivity index (χ2v) is 10.5. The second kappa shape index (κ2) is 10.0. The molecule has 0 unspecified atom stereocenters. The number of nitrogens with zero attached hydrogens (tertiary/aromatic N) is 3. The molecule has 0 bridgehead atoms. The number of rotatable bonds is 7. The smallest absolute Gasteiger partial charge is 0.330 e. The number of nitrogens with one attached hydrogen (secondary N) is 1. The standard InChI is InChI=1S/C27H34N4O6/c1-26(2,3)25(33)37-31-10-8-27(4,9-11-31)23(32)17-14-28-24-21(17)30-18(15-29-24)16-12-19(34-5)22(36-7)20(13-16)35-6/h12-15H,8-11H2,1-7H3,(H,28,29). The van der Waals surface area contributed by atoms with E-state index >= 15 is 0 Å². The number of ether oxygens (including phenoxy) is 3. The van der Waals surface area contributed by atoms with Gasteiger partial charge in [0.25, 0.3) is 0 Å². The summed E-state index contributed by atoms with van der Waals surface area (Å²) in [6.07, 6.45) is 4.41. The number of aromatic nitrogens is 3. The van der Waals surface area contributed by atoms with Crippen molar-refractivity contribution in [2.75, 3.05) is 34.4 Å². The Morgan fingerprint density at radius 3 is 2.19 bits per heavy atom. The van der Waals surface area contributed by atoms with Gasteiger partial charge in [-0.2, -0.15) is 0 Å². The van der Waals surface area contributed by atoms with Gasteiger partial charge in [0, 0.05) is 30.3 Å². The van der Waals surface area contributed by atoms with E-state index in [0.29, 0.717) is 71.2 Å². The molecule has 1 aliphatic heterocycles. The third-order valence-electron chi connectivity index (χ3n) is 6.78. The number of ketones is 1. The molecule has 1 saturated heterocycles. The van der Waals surface area contributed by atoms with Gasteiger partial charge in [0.2, 0.25) is 5.75 Å². The average molecular weight is 511 g/mol. The zero-order chi connectivity index (χ0) is 27.0. The number of carbonyl (C=O) groups excluding carboxylic acids is 2. The summed E-state index contributed by atoms with van der Waals surface area (Å²) in [5, 5.41) is 1.65. The van der Waals surface area contributed by atoms with Gasteiger partial charge in [0.15, 0.2) is 22.9 Å². The van der Waals surface area contributed by atoms with Crippen LogP contribution in [0.15, 0.2) is 24.5 Å². The number of hydrogen-bond acceptors (Lipinski definition) is 9. The van der Waals surface area contributed by atoms with Crippen LogP contribution in [0, 0.1) is 10.8 Å². The van der Waals surface area contributed by atoms with Crippen molar-refractivity contribution in [3.8, 4) is 28.5 Å². The molecular weight excluding hydrogens is 476 g/mol. The fraction of sp³-hybridized carbons (Fsp3) is 0.481. The number of benzene rings is 1. The fourth-order valence-electron chi connectivity index (χ4n) is 4.31. The van der Waals surface area contributed by atoms with Gasteiger partial charge < -0.3 is 24.0 Å². The molecule has 0 radical (unpaired) electrons. The van der Waals surface area contributed by atoms with Crippen molar-refractivity contribution in [1.82, 2.24) is 20.0 Å². The van der Waals surface area contributed by atoms with Crippen molar-refractivity contribution >= 4 is 22.9 Å². The Bertz CT molecular complexity index is 1290. The molecule has 0 atom stereocenters. The third-order valence-corrected chi connectivity index (χ3v) is 6.78.